The lowest BCUT2D eigenvalue weighted by atomic mass is 10.1. The standard InChI is InChI=1S/C10H7N3O/c14-10-7-5-11-8-4-2-1-3-6(8)9(7)12-13-10/h1-5,11H,(H,13,14). The van der Waals surface area contributed by atoms with Crippen LogP contribution in [0.15, 0.2) is 35.3 Å². The minimum absolute atomic E-state index is 0.151. The lowest BCUT2D eigenvalue weighted by molar-refractivity contribution is 1.07. The number of hydrogen-bond acceptors (Lipinski definition) is 2. The number of rotatable bonds is 0. The van der Waals surface area contributed by atoms with E-state index >= 15 is 0 Å². The minimum atomic E-state index is -0.151. The highest BCUT2D eigenvalue weighted by Crippen LogP contribution is 2.23. The number of benzene rings is 1. The van der Waals surface area contributed by atoms with E-state index < -0.39 is 0 Å². The SMILES string of the molecule is O=c1[nH]nc2c3ccccc3[nH]cc1-2. The lowest BCUT2D eigenvalue weighted by Crippen LogP contribution is -2.00. The van der Waals surface area contributed by atoms with Crippen LogP contribution < -0.4 is 5.56 Å². The Bertz CT molecular complexity index is 623. The molecule has 0 spiro atoms. The summed E-state index contributed by atoms with van der Waals surface area (Å²) in [5.74, 6) is 0. The number of hydrogen-bond donors (Lipinski definition) is 2. The largest absolute Gasteiger partial charge is 0.360 e. The van der Waals surface area contributed by atoms with Crippen LogP contribution in [-0.4, -0.2) is 15.2 Å². The van der Waals surface area contributed by atoms with Crippen molar-refractivity contribution >= 4 is 10.9 Å². The molecular formula is C10H7N3O. The van der Waals surface area contributed by atoms with E-state index in [0.29, 0.717) is 5.56 Å². The van der Waals surface area contributed by atoms with Crippen molar-refractivity contribution in [2.24, 2.45) is 0 Å². The number of aromatic nitrogens is 3. The molecule has 0 aliphatic carbocycles. The average Bonchev–Trinajstić information content (AvgIpc) is 2.61. The van der Waals surface area contributed by atoms with Gasteiger partial charge in [-0.1, -0.05) is 18.2 Å². The molecule has 1 aromatic carbocycles. The molecule has 0 unspecified atom stereocenters. The highest BCUT2D eigenvalue weighted by molar-refractivity contribution is 5.92. The first-order valence-electron chi connectivity index (χ1n) is 4.31. The second kappa shape index (κ2) is 2.45. The summed E-state index contributed by atoms with van der Waals surface area (Å²) in [5, 5.41) is 7.39. The number of para-hydroxylation sites is 1. The highest BCUT2D eigenvalue weighted by atomic mass is 16.1. The molecule has 0 atom stereocenters. The average molecular weight is 185 g/mol. The fourth-order valence-electron chi connectivity index (χ4n) is 1.64. The topological polar surface area (TPSA) is 61.5 Å². The molecular weight excluding hydrogens is 178 g/mol. The van der Waals surface area contributed by atoms with Gasteiger partial charge in [-0.25, -0.2) is 5.10 Å². The highest BCUT2D eigenvalue weighted by Gasteiger charge is 2.12. The third-order valence-corrected chi connectivity index (χ3v) is 2.32. The van der Waals surface area contributed by atoms with Crippen molar-refractivity contribution in [2.75, 3.05) is 0 Å². The summed E-state index contributed by atoms with van der Waals surface area (Å²) < 4.78 is 0. The van der Waals surface area contributed by atoms with Gasteiger partial charge in [0.05, 0.1) is 5.56 Å². The van der Waals surface area contributed by atoms with Crippen LogP contribution in [0.5, 0.6) is 0 Å². The smallest absolute Gasteiger partial charge is 0.275 e. The number of pyridine rings is 1. The fraction of sp³-hybridized carbons (Fsp3) is 0. The molecule has 0 radical (unpaired) electrons. The normalized spacial score (nSPS) is 11.1. The molecule has 14 heavy (non-hydrogen) atoms. The quantitative estimate of drug-likeness (QED) is 0.555. The number of H-pyrrole nitrogens is 2. The summed E-state index contributed by atoms with van der Waals surface area (Å²) >= 11 is 0. The van der Waals surface area contributed by atoms with E-state index in [1.54, 1.807) is 6.20 Å². The van der Waals surface area contributed by atoms with Gasteiger partial charge in [-0.2, -0.15) is 5.10 Å². The van der Waals surface area contributed by atoms with Crippen molar-refractivity contribution in [1.29, 1.82) is 0 Å². The molecule has 0 aromatic heterocycles. The Morgan fingerprint density at radius 1 is 1.21 bits per heavy atom. The third kappa shape index (κ3) is 0.821. The first-order chi connectivity index (χ1) is 6.86. The van der Waals surface area contributed by atoms with Gasteiger partial charge in [0.2, 0.25) is 0 Å². The predicted octanol–water partition coefficient (Wildman–Crippen LogP) is 1.36. The Balaban J connectivity index is 2.59. The van der Waals surface area contributed by atoms with E-state index in [1.165, 1.54) is 0 Å². The Hall–Kier alpha value is -2.10. The molecule has 4 heteroatoms. The molecule has 0 fully saturated rings. The molecule has 2 heterocycles. The Kier molecular flexibility index (Phi) is 1.28. The Morgan fingerprint density at radius 2 is 2.07 bits per heavy atom. The first-order valence-corrected chi connectivity index (χ1v) is 4.31. The van der Waals surface area contributed by atoms with E-state index in [-0.39, 0.29) is 5.56 Å². The van der Waals surface area contributed by atoms with Crippen LogP contribution in [-0.2, 0) is 0 Å². The number of aromatic amines is 2. The summed E-state index contributed by atoms with van der Waals surface area (Å²) in [5.41, 5.74) is 2.15. The summed E-state index contributed by atoms with van der Waals surface area (Å²) in [7, 11) is 0. The van der Waals surface area contributed by atoms with Gasteiger partial charge < -0.3 is 4.98 Å². The molecule has 3 rings (SSSR count). The molecule has 0 saturated heterocycles. The van der Waals surface area contributed by atoms with Crippen LogP contribution in [0.4, 0.5) is 0 Å². The van der Waals surface area contributed by atoms with Gasteiger partial charge >= 0.3 is 0 Å². The van der Waals surface area contributed by atoms with Crippen molar-refractivity contribution in [3.63, 3.8) is 0 Å². The molecule has 0 amide bonds. The molecule has 2 aliphatic rings. The number of nitrogens with one attached hydrogen (secondary N) is 2. The van der Waals surface area contributed by atoms with Gasteiger partial charge in [-0.05, 0) is 6.07 Å². The summed E-state index contributed by atoms with van der Waals surface area (Å²) in [4.78, 5) is 14.3. The van der Waals surface area contributed by atoms with Gasteiger partial charge in [0, 0.05) is 17.1 Å². The van der Waals surface area contributed by atoms with Gasteiger partial charge in [-0.3, -0.25) is 4.79 Å². The zero-order valence-corrected chi connectivity index (χ0v) is 7.24. The maximum absolute atomic E-state index is 11.3. The molecule has 0 saturated carbocycles. The zero-order valence-electron chi connectivity index (χ0n) is 7.24. The monoisotopic (exact) mass is 185 g/mol. The van der Waals surface area contributed by atoms with Crippen LogP contribution in [0.3, 0.4) is 0 Å². The maximum Gasteiger partial charge on any atom is 0.275 e. The van der Waals surface area contributed by atoms with Gasteiger partial charge in [-0.15, -0.1) is 0 Å². The van der Waals surface area contributed by atoms with Crippen molar-refractivity contribution < 1.29 is 0 Å². The van der Waals surface area contributed by atoms with Crippen molar-refractivity contribution in [3.8, 4) is 11.3 Å². The van der Waals surface area contributed by atoms with Crippen LogP contribution in [0.1, 0.15) is 0 Å². The second-order valence-corrected chi connectivity index (χ2v) is 3.15. The minimum Gasteiger partial charge on any atom is -0.360 e. The summed E-state index contributed by atoms with van der Waals surface area (Å²) in [6.45, 7) is 0. The van der Waals surface area contributed by atoms with E-state index in [4.69, 9.17) is 0 Å². The van der Waals surface area contributed by atoms with Crippen LogP contribution in [0.25, 0.3) is 22.2 Å². The number of nitrogens with zero attached hydrogens (tertiary/aromatic N) is 1. The van der Waals surface area contributed by atoms with Crippen molar-refractivity contribution in [3.05, 3.63) is 40.8 Å². The Labute approximate surface area is 78.9 Å². The fourth-order valence-corrected chi connectivity index (χ4v) is 1.64. The van der Waals surface area contributed by atoms with Gasteiger partial charge in [0.1, 0.15) is 5.69 Å². The van der Waals surface area contributed by atoms with E-state index in [9.17, 15) is 4.79 Å². The number of fused-ring (bicyclic) bond motifs is 3. The molecule has 4 nitrogen and oxygen atoms in total. The van der Waals surface area contributed by atoms with Gasteiger partial charge in [0.25, 0.3) is 5.56 Å². The first kappa shape index (κ1) is 7.32. The molecule has 0 bridgehead atoms. The van der Waals surface area contributed by atoms with Crippen LogP contribution >= 0.6 is 0 Å². The maximum atomic E-state index is 11.3. The molecule has 2 aliphatic heterocycles. The van der Waals surface area contributed by atoms with Crippen molar-refractivity contribution in [2.45, 2.75) is 0 Å². The van der Waals surface area contributed by atoms with Crippen molar-refractivity contribution in [1.82, 2.24) is 15.2 Å². The second-order valence-electron chi connectivity index (χ2n) is 3.15. The summed E-state index contributed by atoms with van der Waals surface area (Å²) in [6, 6.07) is 7.76. The van der Waals surface area contributed by atoms with Gasteiger partial charge in [0.15, 0.2) is 0 Å². The third-order valence-electron chi connectivity index (χ3n) is 2.32. The zero-order chi connectivity index (χ0) is 9.54. The molecule has 2 N–H and O–H groups in total. The molecule has 68 valence electrons. The van der Waals surface area contributed by atoms with E-state index in [1.807, 2.05) is 24.3 Å². The van der Waals surface area contributed by atoms with Crippen LogP contribution in [0, 0.1) is 0 Å². The van der Waals surface area contributed by atoms with E-state index in [0.717, 1.165) is 16.6 Å². The summed E-state index contributed by atoms with van der Waals surface area (Å²) in [6.07, 6.45) is 1.68. The Morgan fingerprint density at radius 3 is 3.00 bits per heavy atom. The molecule has 1 aromatic rings. The predicted molar refractivity (Wildman–Crippen MR) is 53.3 cm³/mol. The van der Waals surface area contributed by atoms with Crippen LogP contribution in [0.2, 0.25) is 0 Å². The van der Waals surface area contributed by atoms with E-state index in [2.05, 4.69) is 15.2 Å². The lowest BCUT2D eigenvalue weighted by Gasteiger charge is -2.00.